The van der Waals surface area contributed by atoms with Gasteiger partial charge in [0, 0.05) is 36.7 Å². The third kappa shape index (κ3) is 4.11. The van der Waals surface area contributed by atoms with Crippen LogP contribution < -0.4 is 4.74 Å². The first-order valence-electron chi connectivity index (χ1n) is 8.49. The number of carbonyl (C=O) groups excluding carboxylic acids is 2. The zero-order valence-electron chi connectivity index (χ0n) is 15.5. The lowest BCUT2D eigenvalue weighted by Gasteiger charge is -2.21. The zero-order chi connectivity index (χ0) is 19.4. The molecule has 6 nitrogen and oxygen atoms in total. The Labute approximate surface area is 157 Å². The van der Waals surface area contributed by atoms with E-state index in [2.05, 4.69) is 0 Å². The molecule has 0 fully saturated rings. The lowest BCUT2D eigenvalue weighted by molar-refractivity contribution is -0.159. The summed E-state index contributed by atoms with van der Waals surface area (Å²) in [4.78, 5) is 26.4. The Morgan fingerprint density at radius 1 is 1.11 bits per heavy atom. The second kappa shape index (κ2) is 7.95. The van der Waals surface area contributed by atoms with Gasteiger partial charge in [0.25, 0.3) is 5.91 Å². The minimum absolute atomic E-state index is 0.00334. The average molecular weight is 367 g/mol. The van der Waals surface area contributed by atoms with Crippen molar-refractivity contribution in [3.05, 3.63) is 65.9 Å². The van der Waals surface area contributed by atoms with Gasteiger partial charge in [0.2, 0.25) is 6.10 Å². The van der Waals surface area contributed by atoms with Gasteiger partial charge < -0.3 is 18.8 Å². The van der Waals surface area contributed by atoms with Crippen LogP contribution in [-0.4, -0.2) is 38.0 Å². The molecule has 1 amide bonds. The van der Waals surface area contributed by atoms with Crippen molar-refractivity contribution in [3.63, 3.8) is 0 Å². The van der Waals surface area contributed by atoms with Crippen LogP contribution in [0.4, 0.5) is 0 Å². The highest BCUT2D eigenvalue weighted by molar-refractivity contribution is 5.88. The van der Waals surface area contributed by atoms with E-state index in [-0.39, 0.29) is 12.3 Å². The molecule has 1 atom stereocenters. The van der Waals surface area contributed by atoms with Gasteiger partial charge in [0.15, 0.2) is 0 Å². The number of esters is 1. The summed E-state index contributed by atoms with van der Waals surface area (Å²) in [5.74, 6) is -0.124. The Morgan fingerprint density at radius 2 is 1.85 bits per heavy atom. The maximum atomic E-state index is 12.5. The summed E-state index contributed by atoms with van der Waals surface area (Å²) in [6, 6.07) is 14.4. The van der Waals surface area contributed by atoms with Crippen LogP contribution >= 0.6 is 0 Å². The van der Waals surface area contributed by atoms with Crippen LogP contribution in [0.25, 0.3) is 11.0 Å². The van der Waals surface area contributed by atoms with E-state index < -0.39 is 12.1 Å². The van der Waals surface area contributed by atoms with Crippen molar-refractivity contribution in [3.8, 4) is 5.75 Å². The highest BCUT2D eigenvalue weighted by atomic mass is 16.5. The van der Waals surface area contributed by atoms with Gasteiger partial charge in [0.05, 0.1) is 19.8 Å². The normalized spacial score (nSPS) is 11.8. The Hall–Kier alpha value is -3.28. The van der Waals surface area contributed by atoms with Gasteiger partial charge in [-0.25, -0.2) is 0 Å². The maximum Gasteiger partial charge on any atom is 0.311 e. The highest BCUT2D eigenvalue weighted by Gasteiger charge is 2.26. The first kappa shape index (κ1) is 18.5. The second-order valence-corrected chi connectivity index (χ2v) is 6.31. The molecule has 0 N–H and O–H groups in total. The van der Waals surface area contributed by atoms with Crippen LogP contribution in [-0.2, 0) is 20.7 Å². The molecule has 0 saturated heterocycles. The minimum Gasteiger partial charge on any atom is -0.497 e. The molecule has 0 aliphatic heterocycles. The van der Waals surface area contributed by atoms with Crippen LogP contribution in [0.2, 0.25) is 0 Å². The predicted molar refractivity (Wildman–Crippen MR) is 100 cm³/mol. The number of furan rings is 1. The molecular formula is C21H21NO5. The average Bonchev–Trinajstić information content (AvgIpc) is 3.08. The molecule has 2 aromatic carbocycles. The van der Waals surface area contributed by atoms with Crippen LogP contribution in [0.5, 0.6) is 5.75 Å². The number of benzene rings is 2. The Balaban J connectivity index is 1.79. The summed E-state index contributed by atoms with van der Waals surface area (Å²) in [6.07, 6.45) is 0.548. The molecular weight excluding hydrogens is 346 g/mol. The summed E-state index contributed by atoms with van der Waals surface area (Å²) in [7, 11) is 4.83. The van der Waals surface area contributed by atoms with Gasteiger partial charge in [-0.05, 0) is 12.1 Å². The van der Waals surface area contributed by atoms with Crippen molar-refractivity contribution >= 4 is 22.8 Å². The maximum absolute atomic E-state index is 12.5. The van der Waals surface area contributed by atoms with Gasteiger partial charge in [-0.2, -0.15) is 0 Å². The summed E-state index contributed by atoms with van der Waals surface area (Å²) in [5, 5.41) is 0.808. The molecule has 1 aromatic heterocycles. The molecule has 6 heteroatoms. The molecule has 0 radical (unpaired) electrons. The van der Waals surface area contributed by atoms with Crippen LogP contribution in [0, 0.1) is 0 Å². The molecule has 1 unspecified atom stereocenters. The predicted octanol–water partition coefficient (Wildman–Crippen LogP) is 3.36. The summed E-state index contributed by atoms with van der Waals surface area (Å²) in [6.45, 7) is 0. The van der Waals surface area contributed by atoms with Gasteiger partial charge in [0.1, 0.15) is 11.3 Å². The van der Waals surface area contributed by atoms with Crippen molar-refractivity contribution in [1.29, 1.82) is 0 Å². The van der Waals surface area contributed by atoms with E-state index in [1.54, 1.807) is 57.6 Å². The molecule has 0 aliphatic carbocycles. The lowest BCUT2D eigenvalue weighted by atomic mass is 10.1. The molecule has 140 valence electrons. The van der Waals surface area contributed by atoms with E-state index in [0.29, 0.717) is 22.5 Å². The first-order chi connectivity index (χ1) is 13.0. The number of hydrogen-bond donors (Lipinski definition) is 0. The van der Waals surface area contributed by atoms with Crippen LogP contribution in [0.15, 0.2) is 59.2 Å². The molecule has 0 saturated carbocycles. The van der Waals surface area contributed by atoms with Crippen molar-refractivity contribution in [2.24, 2.45) is 0 Å². The number of hydrogen-bond acceptors (Lipinski definition) is 5. The summed E-state index contributed by atoms with van der Waals surface area (Å²) >= 11 is 0. The topological polar surface area (TPSA) is 69.0 Å². The van der Waals surface area contributed by atoms with Crippen molar-refractivity contribution in [1.82, 2.24) is 4.90 Å². The number of amides is 1. The van der Waals surface area contributed by atoms with Gasteiger partial charge in [-0.15, -0.1) is 0 Å². The molecule has 3 aromatic rings. The van der Waals surface area contributed by atoms with E-state index in [0.717, 1.165) is 5.39 Å². The van der Waals surface area contributed by atoms with Crippen molar-refractivity contribution < 1.29 is 23.5 Å². The van der Waals surface area contributed by atoms with Gasteiger partial charge >= 0.3 is 5.97 Å². The first-order valence-corrected chi connectivity index (χ1v) is 8.49. The minimum atomic E-state index is -0.980. The van der Waals surface area contributed by atoms with Crippen LogP contribution in [0.1, 0.15) is 17.2 Å². The Morgan fingerprint density at radius 3 is 2.52 bits per heavy atom. The van der Waals surface area contributed by atoms with E-state index in [4.69, 9.17) is 13.9 Å². The standard InChI is InChI=1S/C21H21NO5/c1-22(2)21(24)20(14-7-5-4-6-8-14)27-19(23)11-15-13-26-18-12-16(25-3)9-10-17(15)18/h4-10,12-13,20H,11H2,1-3H3. The van der Waals surface area contributed by atoms with E-state index >= 15 is 0 Å². The lowest BCUT2D eigenvalue weighted by Crippen LogP contribution is -2.31. The molecule has 3 rings (SSSR count). The number of rotatable bonds is 6. The molecule has 1 heterocycles. The number of ether oxygens (including phenoxy) is 2. The summed E-state index contributed by atoms with van der Waals surface area (Å²) in [5.41, 5.74) is 1.95. The van der Waals surface area contributed by atoms with E-state index in [1.165, 1.54) is 11.2 Å². The number of nitrogens with zero attached hydrogens (tertiary/aromatic N) is 1. The number of likely N-dealkylation sites (N-methyl/N-ethyl adjacent to an activating group) is 1. The van der Waals surface area contributed by atoms with Gasteiger partial charge in [-0.1, -0.05) is 30.3 Å². The Bertz CT molecular complexity index is 946. The molecule has 0 spiro atoms. The monoisotopic (exact) mass is 367 g/mol. The number of carbonyl (C=O) groups is 2. The van der Waals surface area contributed by atoms with Crippen molar-refractivity contribution in [2.45, 2.75) is 12.5 Å². The van der Waals surface area contributed by atoms with Crippen molar-refractivity contribution in [2.75, 3.05) is 21.2 Å². The number of fused-ring (bicyclic) bond motifs is 1. The fraction of sp³-hybridized carbons (Fsp3) is 0.238. The fourth-order valence-corrected chi connectivity index (χ4v) is 2.78. The summed E-state index contributed by atoms with van der Waals surface area (Å²) < 4.78 is 16.2. The SMILES string of the molecule is COc1ccc2c(CC(=O)OC(C(=O)N(C)C)c3ccccc3)coc2c1. The molecule has 27 heavy (non-hydrogen) atoms. The number of methoxy groups -OCH3 is 1. The Kier molecular flexibility index (Phi) is 5.45. The third-order valence-electron chi connectivity index (χ3n) is 4.21. The highest BCUT2D eigenvalue weighted by Crippen LogP contribution is 2.27. The van der Waals surface area contributed by atoms with Crippen LogP contribution in [0.3, 0.4) is 0 Å². The third-order valence-corrected chi connectivity index (χ3v) is 4.21. The zero-order valence-corrected chi connectivity index (χ0v) is 15.5. The van der Waals surface area contributed by atoms with Gasteiger partial charge in [-0.3, -0.25) is 9.59 Å². The quantitative estimate of drug-likeness (QED) is 0.625. The fourth-order valence-electron chi connectivity index (χ4n) is 2.78. The molecule has 0 aliphatic rings. The van der Waals surface area contributed by atoms with E-state index in [9.17, 15) is 9.59 Å². The smallest absolute Gasteiger partial charge is 0.311 e. The van der Waals surface area contributed by atoms with E-state index in [1.807, 2.05) is 12.1 Å². The largest absolute Gasteiger partial charge is 0.497 e. The second-order valence-electron chi connectivity index (χ2n) is 6.31. The molecule has 0 bridgehead atoms.